The SMILES string of the molecule is O=C(O)[C@@H]1CCc2cc(-c3cc(Cl)ccc3-n3cc(C(F)(F)F)nn3)cc(=O)n21. The van der Waals surface area contributed by atoms with E-state index >= 15 is 0 Å². The number of hydrogen-bond acceptors (Lipinski definition) is 4. The number of alkyl halides is 3. The van der Waals surface area contributed by atoms with E-state index in [9.17, 15) is 27.9 Å². The minimum atomic E-state index is -4.65. The van der Waals surface area contributed by atoms with Crippen LogP contribution in [-0.2, 0) is 17.4 Å². The van der Waals surface area contributed by atoms with E-state index in [1.807, 2.05) is 0 Å². The highest BCUT2D eigenvalue weighted by atomic mass is 35.5. The van der Waals surface area contributed by atoms with Gasteiger partial charge in [-0.3, -0.25) is 9.36 Å². The maximum Gasteiger partial charge on any atom is 0.436 e. The molecule has 0 aliphatic carbocycles. The molecule has 0 unspecified atom stereocenters. The number of fused-ring (bicyclic) bond motifs is 1. The average Bonchev–Trinajstić information content (AvgIpc) is 3.28. The van der Waals surface area contributed by atoms with Crippen molar-refractivity contribution in [2.24, 2.45) is 0 Å². The molecule has 0 saturated heterocycles. The molecular formula is C18H12ClF3N4O3. The normalized spacial score (nSPS) is 16.1. The van der Waals surface area contributed by atoms with Crippen LogP contribution in [0.4, 0.5) is 13.2 Å². The van der Waals surface area contributed by atoms with E-state index < -0.39 is 29.4 Å². The van der Waals surface area contributed by atoms with Gasteiger partial charge in [0, 0.05) is 22.3 Å². The smallest absolute Gasteiger partial charge is 0.436 e. The lowest BCUT2D eigenvalue weighted by molar-refractivity contribution is -0.141. The number of aryl methyl sites for hydroxylation is 1. The van der Waals surface area contributed by atoms with Gasteiger partial charge in [0.05, 0.1) is 11.9 Å². The first-order chi connectivity index (χ1) is 13.6. The van der Waals surface area contributed by atoms with E-state index in [0.29, 0.717) is 28.3 Å². The molecule has 0 amide bonds. The van der Waals surface area contributed by atoms with Crippen molar-refractivity contribution < 1.29 is 23.1 Å². The first-order valence-corrected chi connectivity index (χ1v) is 8.81. The lowest BCUT2D eigenvalue weighted by Crippen LogP contribution is -2.27. The molecule has 11 heteroatoms. The Kier molecular flexibility index (Phi) is 4.45. The molecule has 3 heterocycles. The molecule has 0 saturated carbocycles. The molecule has 1 aromatic carbocycles. The van der Waals surface area contributed by atoms with Crippen LogP contribution in [-0.4, -0.2) is 30.6 Å². The highest BCUT2D eigenvalue weighted by Crippen LogP contribution is 2.33. The summed E-state index contributed by atoms with van der Waals surface area (Å²) in [5.41, 5.74) is -0.126. The molecule has 2 aromatic heterocycles. The van der Waals surface area contributed by atoms with Crippen molar-refractivity contribution in [2.75, 3.05) is 0 Å². The first kappa shape index (κ1) is 19.2. The fourth-order valence-electron chi connectivity index (χ4n) is 3.44. The number of aromatic nitrogens is 4. The van der Waals surface area contributed by atoms with Crippen LogP contribution in [0.3, 0.4) is 0 Å². The van der Waals surface area contributed by atoms with Gasteiger partial charge in [-0.1, -0.05) is 16.8 Å². The van der Waals surface area contributed by atoms with Crippen LogP contribution in [0.15, 0.2) is 41.3 Å². The number of rotatable bonds is 3. The lowest BCUT2D eigenvalue weighted by Gasteiger charge is -2.13. The van der Waals surface area contributed by atoms with Gasteiger partial charge >= 0.3 is 12.1 Å². The molecule has 1 aliphatic rings. The fourth-order valence-corrected chi connectivity index (χ4v) is 3.61. The molecule has 1 aliphatic heterocycles. The molecule has 29 heavy (non-hydrogen) atoms. The van der Waals surface area contributed by atoms with Crippen LogP contribution in [0.2, 0.25) is 5.02 Å². The summed E-state index contributed by atoms with van der Waals surface area (Å²) in [5.74, 6) is -1.09. The van der Waals surface area contributed by atoms with Gasteiger partial charge in [-0.15, -0.1) is 5.10 Å². The van der Waals surface area contributed by atoms with Crippen molar-refractivity contribution in [1.29, 1.82) is 0 Å². The maximum absolute atomic E-state index is 12.9. The van der Waals surface area contributed by atoms with Crippen LogP contribution in [0, 0.1) is 0 Å². The van der Waals surface area contributed by atoms with E-state index in [2.05, 4.69) is 10.3 Å². The van der Waals surface area contributed by atoms with Crippen molar-refractivity contribution in [1.82, 2.24) is 19.6 Å². The third kappa shape index (κ3) is 3.39. The number of carboxylic acid groups (broad SMARTS) is 1. The second-order valence-corrected chi connectivity index (χ2v) is 6.98. The predicted octanol–water partition coefficient (Wildman–Crippen LogP) is 3.34. The average molecular weight is 425 g/mol. The fraction of sp³-hybridized carbons (Fsp3) is 0.222. The van der Waals surface area contributed by atoms with Crippen LogP contribution in [0.1, 0.15) is 23.9 Å². The highest BCUT2D eigenvalue weighted by Gasteiger charge is 2.35. The second-order valence-electron chi connectivity index (χ2n) is 6.54. The van der Waals surface area contributed by atoms with Gasteiger partial charge in [0.25, 0.3) is 5.56 Å². The third-order valence-corrected chi connectivity index (χ3v) is 4.95. The van der Waals surface area contributed by atoms with Crippen molar-refractivity contribution in [2.45, 2.75) is 25.1 Å². The zero-order valence-electron chi connectivity index (χ0n) is 14.5. The minimum absolute atomic E-state index is 0.245. The Bertz CT molecular complexity index is 1190. The summed E-state index contributed by atoms with van der Waals surface area (Å²) < 4.78 is 40.8. The van der Waals surface area contributed by atoms with Gasteiger partial charge in [-0.25, -0.2) is 9.48 Å². The molecule has 7 nitrogen and oxygen atoms in total. The minimum Gasteiger partial charge on any atom is -0.480 e. The molecule has 150 valence electrons. The van der Waals surface area contributed by atoms with E-state index in [1.54, 1.807) is 6.07 Å². The Balaban J connectivity index is 1.86. The number of aliphatic carboxylic acids is 1. The second kappa shape index (κ2) is 6.73. The summed E-state index contributed by atoms with van der Waals surface area (Å²) in [6.45, 7) is 0. The Morgan fingerprint density at radius 1 is 1.24 bits per heavy atom. The van der Waals surface area contributed by atoms with Gasteiger partial charge in [0.15, 0.2) is 5.69 Å². The van der Waals surface area contributed by atoms with Crippen LogP contribution >= 0.6 is 11.6 Å². The highest BCUT2D eigenvalue weighted by molar-refractivity contribution is 6.31. The Hall–Kier alpha value is -3.14. The number of carboxylic acids is 1. The quantitative estimate of drug-likeness (QED) is 0.696. The number of carbonyl (C=O) groups is 1. The maximum atomic E-state index is 12.9. The summed E-state index contributed by atoms with van der Waals surface area (Å²) in [6, 6.07) is 6.40. The topological polar surface area (TPSA) is 90.0 Å². The summed E-state index contributed by atoms with van der Waals surface area (Å²) in [7, 11) is 0. The summed E-state index contributed by atoms with van der Waals surface area (Å²) in [5, 5.41) is 16.3. The zero-order chi connectivity index (χ0) is 20.9. The largest absolute Gasteiger partial charge is 0.480 e. The summed E-state index contributed by atoms with van der Waals surface area (Å²) in [6.07, 6.45) is -3.23. The van der Waals surface area contributed by atoms with Gasteiger partial charge in [0.1, 0.15) is 6.04 Å². The summed E-state index contributed by atoms with van der Waals surface area (Å²) in [4.78, 5) is 23.9. The predicted molar refractivity (Wildman–Crippen MR) is 96.1 cm³/mol. The van der Waals surface area contributed by atoms with Crippen LogP contribution in [0.5, 0.6) is 0 Å². The standard InChI is InChI=1S/C18H12ClF3N4O3/c19-10-1-3-13(25-8-15(23-24-25)18(20,21)22)12(7-10)9-5-11-2-4-14(17(28)29)26(11)16(27)6-9/h1,3,5-8,14H,2,4H2,(H,28,29)/t14-/m0/s1. The Morgan fingerprint density at radius 2 is 2.00 bits per heavy atom. The molecule has 0 bridgehead atoms. The Morgan fingerprint density at radius 3 is 2.66 bits per heavy atom. The van der Waals surface area contributed by atoms with Crippen molar-refractivity contribution in [3.05, 3.63) is 63.3 Å². The molecular weight excluding hydrogens is 413 g/mol. The number of nitrogens with zero attached hydrogens (tertiary/aromatic N) is 4. The molecule has 3 aromatic rings. The van der Waals surface area contributed by atoms with Crippen LogP contribution < -0.4 is 5.56 Å². The van der Waals surface area contributed by atoms with Gasteiger partial charge < -0.3 is 5.11 Å². The van der Waals surface area contributed by atoms with Gasteiger partial charge in [-0.05, 0) is 42.7 Å². The van der Waals surface area contributed by atoms with E-state index in [0.717, 1.165) is 10.9 Å². The molecule has 4 rings (SSSR count). The van der Waals surface area contributed by atoms with E-state index in [4.69, 9.17) is 11.6 Å². The van der Waals surface area contributed by atoms with Crippen molar-refractivity contribution >= 4 is 17.6 Å². The van der Waals surface area contributed by atoms with Gasteiger partial charge in [0.2, 0.25) is 0 Å². The van der Waals surface area contributed by atoms with E-state index in [-0.39, 0.29) is 12.1 Å². The molecule has 1 N–H and O–H groups in total. The lowest BCUT2D eigenvalue weighted by atomic mass is 10.0. The zero-order valence-corrected chi connectivity index (χ0v) is 15.3. The first-order valence-electron chi connectivity index (χ1n) is 8.43. The van der Waals surface area contributed by atoms with Crippen LogP contribution in [0.25, 0.3) is 16.8 Å². The molecule has 0 fully saturated rings. The number of halogens is 4. The molecule has 1 atom stereocenters. The van der Waals surface area contributed by atoms with Crippen molar-refractivity contribution in [3.8, 4) is 16.8 Å². The number of pyridine rings is 1. The molecule has 0 spiro atoms. The summed E-state index contributed by atoms with van der Waals surface area (Å²) >= 11 is 6.07. The van der Waals surface area contributed by atoms with Crippen molar-refractivity contribution in [3.63, 3.8) is 0 Å². The monoisotopic (exact) mass is 424 g/mol. The third-order valence-electron chi connectivity index (χ3n) is 4.72. The van der Waals surface area contributed by atoms with E-state index in [1.165, 1.54) is 28.8 Å². The number of benzene rings is 1. The number of hydrogen-bond donors (Lipinski definition) is 1. The molecule has 0 radical (unpaired) electrons. The van der Waals surface area contributed by atoms with Gasteiger partial charge in [-0.2, -0.15) is 13.2 Å². The Labute approximate surface area is 166 Å².